The van der Waals surface area contributed by atoms with Crippen LogP contribution in [-0.4, -0.2) is 57.0 Å². The van der Waals surface area contributed by atoms with Gasteiger partial charge in [-0.15, -0.1) is 0 Å². The molecule has 0 amide bonds. The van der Waals surface area contributed by atoms with Crippen molar-refractivity contribution in [1.29, 1.82) is 0 Å². The fourth-order valence-corrected chi connectivity index (χ4v) is 4.33. The second-order valence-electron chi connectivity index (χ2n) is 8.30. The Hall–Kier alpha value is -3.14. The number of alkyl halides is 2. The smallest absolute Gasteiger partial charge is 0.274 e. The lowest BCUT2D eigenvalue weighted by atomic mass is 10.1. The van der Waals surface area contributed by atoms with E-state index in [0.717, 1.165) is 30.8 Å². The molecule has 0 spiro atoms. The molecule has 0 aromatic carbocycles. The molecule has 1 saturated heterocycles. The third-order valence-electron chi connectivity index (χ3n) is 6.00. The van der Waals surface area contributed by atoms with Gasteiger partial charge in [-0.05, 0) is 24.7 Å². The highest BCUT2D eigenvalue weighted by Gasteiger charge is 2.39. The van der Waals surface area contributed by atoms with Crippen molar-refractivity contribution >= 4 is 28.4 Å². The summed E-state index contributed by atoms with van der Waals surface area (Å²) in [5.41, 5.74) is 2.83. The number of aromatic nitrogens is 4. The van der Waals surface area contributed by atoms with E-state index in [1.165, 1.54) is 0 Å². The van der Waals surface area contributed by atoms with Gasteiger partial charge in [0.25, 0.3) is 11.5 Å². The summed E-state index contributed by atoms with van der Waals surface area (Å²) in [5, 5.41) is 3.74. The normalized spacial score (nSPS) is 18.4. The van der Waals surface area contributed by atoms with Crippen molar-refractivity contribution < 1.29 is 8.78 Å². The van der Waals surface area contributed by atoms with Crippen LogP contribution in [0, 0.1) is 0 Å². The third-order valence-corrected chi connectivity index (χ3v) is 6.00. The van der Waals surface area contributed by atoms with Gasteiger partial charge in [-0.25, -0.2) is 23.7 Å². The van der Waals surface area contributed by atoms with Crippen molar-refractivity contribution in [3.8, 4) is 0 Å². The monoisotopic (exact) mass is 427 g/mol. The maximum Gasteiger partial charge on any atom is 0.274 e. The molecule has 0 radical (unpaired) electrons. The van der Waals surface area contributed by atoms with E-state index in [1.54, 1.807) is 35.0 Å². The molecule has 162 valence electrons. The van der Waals surface area contributed by atoms with Crippen LogP contribution < -0.4 is 15.8 Å². The Kier molecular flexibility index (Phi) is 4.62. The lowest BCUT2D eigenvalue weighted by Crippen LogP contribution is -2.33. The average molecular weight is 427 g/mol. The number of pyridine rings is 2. The first-order chi connectivity index (χ1) is 14.8. The van der Waals surface area contributed by atoms with Gasteiger partial charge in [0.1, 0.15) is 11.2 Å². The zero-order valence-electron chi connectivity index (χ0n) is 17.4. The highest BCUT2D eigenvalue weighted by Crippen LogP contribution is 2.33. The minimum Gasteiger partial charge on any atom is -0.349 e. The summed E-state index contributed by atoms with van der Waals surface area (Å²) in [6, 6.07) is 3.59. The van der Waals surface area contributed by atoms with Gasteiger partial charge in [0.05, 0.1) is 6.54 Å². The molecular weight excluding hydrogens is 404 g/mol. The Morgan fingerprint density at radius 2 is 2.03 bits per heavy atom. The molecule has 2 aliphatic heterocycles. The summed E-state index contributed by atoms with van der Waals surface area (Å²) in [6.45, 7) is 1.50. The van der Waals surface area contributed by atoms with Crippen LogP contribution in [0.1, 0.15) is 17.7 Å². The summed E-state index contributed by atoms with van der Waals surface area (Å²) in [7, 11) is 3.82. The van der Waals surface area contributed by atoms with Crippen molar-refractivity contribution in [2.75, 3.05) is 36.9 Å². The van der Waals surface area contributed by atoms with Gasteiger partial charge in [-0.3, -0.25) is 4.79 Å². The topological polar surface area (TPSA) is 79.2 Å². The van der Waals surface area contributed by atoms with Gasteiger partial charge in [-0.1, -0.05) is 0 Å². The molecular formula is C21H23F2N7O. The van der Waals surface area contributed by atoms with E-state index in [2.05, 4.69) is 25.2 Å². The van der Waals surface area contributed by atoms with E-state index in [1.807, 2.05) is 13.1 Å². The van der Waals surface area contributed by atoms with Crippen molar-refractivity contribution in [3.63, 3.8) is 0 Å². The van der Waals surface area contributed by atoms with Crippen LogP contribution in [0.2, 0.25) is 0 Å². The number of fused-ring (bicyclic) bond motifs is 2. The molecule has 5 heterocycles. The Morgan fingerprint density at radius 3 is 2.81 bits per heavy atom. The van der Waals surface area contributed by atoms with E-state index in [0.29, 0.717) is 22.4 Å². The summed E-state index contributed by atoms with van der Waals surface area (Å²) in [6.07, 6.45) is 3.79. The molecule has 0 bridgehead atoms. The number of hydrogen-bond acceptors (Lipinski definition) is 7. The molecule has 1 fully saturated rings. The van der Waals surface area contributed by atoms with Crippen LogP contribution in [0.15, 0.2) is 29.3 Å². The maximum absolute atomic E-state index is 13.7. The quantitative estimate of drug-likeness (QED) is 0.687. The molecule has 5 rings (SSSR count). The van der Waals surface area contributed by atoms with Gasteiger partial charge in [0.2, 0.25) is 5.95 Å². The van der Waals surface area contributed by atoms with E-state index in [9.17, 15) is 13.6 Å². The van der Waals surface area contributed by atoms with Crippen molar-refractivity contribution in [1.82, 2.24) is 24.4 Å². The largest absolute Gasteiger partial charge is 0.349 e. The summed E-state index contributed by atoms with van der Waals surface area (Å²) >= 11 is 0. The van der Waals surface area contributed by atoms with Crippen LogP contribution >= 0.6 is 0 Å². The van der Waals surface area contributed by atoms with Crippen molar-refractivity contribution in [2.24, 2.45) is 7.05 Å². The standard InChI is InChI=1S/C21H23F2N7O/c1-28-7-4-16-14(11-28)9-15(19(31)29(16)2)26-20-25-10-13-3-6-24-18(17(13)27-20)30-8-5-21(22,23)12-30/h3,6,9-10H,4-5,7-8,11-12H2,1-2H3,(H,25,26,27). The number of anilines is 3. The summed E-state index contributed by atoms with van der Waals surface area (Å²) in [5.74, 6) is -2.10. The van der Waals surface area contributed by atoms with Gasteiger partial charge in [0, 0.05) is 63.0 Å². The molecule has 3 aromatic rings. The molecule has 0 saturated carbocycles. The minimum atomic E-state index is -2.74. The van der Waals surface area contributed by atoms with Gasteiger partial charge < -0.3 is 19.7 Å². The minimum absolute atomic E-state index is 0.155. The number of halogens is 2. The molecule has 0 atom stereocenters. The number of nitrogens with one attached hydrogen (secondary N) is 1. The first-order valence-electron chi connectivity index (χ1n) is 10.2. The van der Waals surface area contributed by atoms with E-state index in [4.69, 9.17) is 0 Å². The summed E-state index contributed by atoms with van der Waals surface area (Å²) in [4.78, 5) is 29.8. The van der Waals surface area contributed by atoms with E-state index in [-0.39, 0.29) is 31.0 Å². The number of rotatable bonds is 3. The molecule has 10 heteroatoms. The van der Waals surface area contributed by atoms with Crippen LogP contribution in [-0.2, 0) is 20.0 Å². The molecule has 2 aliphatic rings. The Bertz CT molecular complexity index is 1230. The molecule has 1 N–H and O–H groups in total. The number of hydrogen-bond donors (Lipinski definition) is 1. The molecule has 31 heavy (non-hydrogen) atoms. The first kappa shape index (κ1) is 19.8. The van der Waals surface area contributed by atoms with Crippen LogP contribution in [0.3, 0.4) is 0 Å². The lowest BCUT2D eigenvalue weighted by molar-refractivity contribution is 0.0257. The number of nitrogens with zero attached hydrogens (tertiary/aromatic N) is 6. The third kappa shape index (κ3) is 3.60. The molecule has 0 unspecified atom stereocenters. The van der Waals surface area contributed by atoms with Crippen molar-refractivity contribution in [3.05, 3.63) is 46.1 Å². The maximum atomic E-state index is 13.7. The molecule has 3 aromatic heterocycles. The molecule has 8 nitrogen and oxygen atoms in total. The second-order valence-corrected chi connectivity index (χ2v) is 8.30. The zero-order valence-corrected chi connectivity index (χ0v) is 17.4. The second kappa shape index (κ2) is 7.23. The van der Waals surface area contributed by atoms with Gasteiger partial charge in [0.15, 0.2) is 5.82 Å². The van der Waals surface area contributed by atoms with E-state index < -0.39 is 5.92 Å². The van der Waals surface area contributed by atoms with Crippen LogP contribution in [0.4, 0.5) is 26.2 Å². The summed E-state index contributed by atoms with van der Waals surface area (Å²) < 4.78 is 29.2. The highest BCUT2D eigenvalue weighted by atomic mass is 19.3. The average Bonchev–Trinajstić information content (AvgIpc) is 3.10. The van der Waals surface area contributed by atoms with Gasteiger partial charge >= 0.3 is 0 Å². The molecule has 0 aliphatic carbocycles. The Labute approximate surface area is 177 Å². The van der Waals surface area contributed by atoms with Gasteiger partial charge in [-0.2, -0.15) is 0 Å². The Morgan fingerprint density at radius 1 is 1.19 bits per heavy atom. The highest BCUT2D eigenvalue weighted by molar-refractivity contribution is 5.89. The predicted octanol–water partition coefficient (Wildman–Crippen LogP) is 2.30. The van der Waals surface area contributed by atoms with Crippen LogP contribution in [0.5, 0.6) is 0 Å². The van der Waals surface area contributed by atoms with Crippen molar-refractivity contribution in [2.45, 2.75) is 25.3 Å². The first-order valence-corrected chi connectivity index (χ1v) is 10.2. The SMILES string of the molecule is CN1CCc2c(cc(Nc3ncc4ccnc(N5CCC(F)(F)C5)c4n3)c(=O)n2C)C1. The number of likely N-dealkylation sites (N-methyl/N-ethyl adjacent to an activating group) is 1. The predicted molar refractivity (Wildman–Crippen MR) is 114 cm³/mol. The lowest BCUT2D eigenvalue weighted by Gasteiger charge is -2.27. The van der Waals surface area contributed by atoms with Crippen LogP contribution in [0.25, 0.3) is 10.9 Å². The van der Waals surface area contributed by atoms with E-state index >= 15 is 0 Å². The Balaban J connectivity index is 1.52. The zero-order chi connectivity index (χ0) is 21.8. The fraction of sp³-hybridized carbons (Fsp3) is 0.429. The fourth-order valence-electron chi connectivity index (χ4n) is 4.33.